The van der Waals surface area contributed by atoms with Crippen molar-refractivity contribution in [1.82, 2.24) is 9.88 Å². The highest BCUT2D eigenvalue weighted by Crippen LogP contribution is 2.30. The summed E-state index contributed by atoms with van der Waals surface area (Å²) in [5, 5.41) is 13.6. The van der Waals surface area contributed by atoms with Gasteiger partial charge in [-0.25, -0.2) is 4.39 Å². The monoisotopic (exact) mass is 446 g/mol. The molecule has 7 heteroatoms. The summed E-state index contributed by atoms with van der Waals surface area (Å²) >= 11 is 0. The van der Waals surface area contributed by atoms with Crippen molar-refractivity contribution in [3.8, 4) is 18.1 Å². The Kier molecular flexibility index (Phi) is 6.57. The third kappa shape index (κ3) is 5.48. The molecule has 2 N–H and O–H groups in total. The molecule has 3 aromatic rings. The quantitative estimate of drug-likeness (QED) is 0.300. The smallest absolute Gasteiger partial charge is 0.292 e. The Hall–Kier alpha value is -3.89. The van der Waals surface area contributed by atoms with Crippen LogP contribution in [0, 0.1) is 18.2 Å². The van der Waals surface area contributed by atoms with E-state index in [2.05, 4.69) is 11.2 Å². The Morgan fingerprint density at radius 3 is 2.48 bits per heavy atom. The number of rotatable bonds is 9. The maximum Gasteiger partial charge on any atom is 0.292 e. The fourth-order valence-corrected chi connectivity index (χ4v) is 3.42. The molecule has 0 aliphatic heterocycles. The van der Waals surface area contributed by atoms with Crippen LogP contribution in [0.5, 0.6) is 5.75 Å². The lowest BCUT2D eigenvalue weighted by Gasteiger charge is -2.25. The van der Waals surface area contributed by atoms with Gasteiger partial charge in [0.2, 0.25) is 5.78 Å². The fraction of sp³-hybridized carbons (Fsp3) is 0.231. The van der Waals surface area contributed by atoms with E-state index >= 15 is 0 Å². The van der Waals surface area contributed by atoms with Crippen LogP contribution in [0.1, 0.15) is 40.4 Å². The second-order valence-corrected chi connectivity index (χ2v) is 7.96. The number of carbonyl (C=O) groups excluding carboxylic acids is 2. The number of Topliss-reactive ketones (excluding diaryl/α,β-unsaturated/α-hetero) is 1. The number of aliphatic hydroxyl groups excluding tert-OH is 1. The third-order valence-electron chi connectivity index (χ3n) is 5.41. The number of hydrogen-bond acceptors (Lipinski definition) is 4. The molecule has 1 fully saturated rings. The summed E-state index contributed by atoms with van der Waals surface area (Å²) in [6.45, 7) is 0.172. The molecule has 4 rings (SSSR count). The first-order valence-electron chi connectivity index (χ1n) is 10.6. The van der Waals surface area contributed by atoms with Gasteiger partial charge in [0.15, 0.2) is 11.6 Å². The number of amides is 1. The number of aromatic nitrogens is 1. The molecule has 2 aromatic carbocycles. The van der Waals surface area contributed by atoms with Gasteiger partial charge in [0.25, 0.3) is 5.91 Å². The first-order valence-corrected chi connectivity index (χ1v) is 10.6. The molecule has 1 aliphatic carbocycles. The minimum Gasteiger partial charge on any atom is -0.487 e. The molecular formula is C26H23FN2O4. The molecule has 0 unspecified atom stereocenters. The minimum atomic E-state index is -1.27. The summed E-state index contributed by atoms with van der Waals surface area (Å²) in [6, 6.07) is 13.0. The summed E-state index contributed by atoms with van der Waals surface area (Å²) in [5.41, 5.74) is 1.02. The van der Waals surface area contributed by atoms with Crippen LogP contribution in [0.15, 0.2) is 67.0 Å². The summed E-state index contributed by atoms with van der Waals surface area (Å²) in [4.78, 5) is 25.3. The Morgan fingerprint density at radius 2 is 1.88 bits per heavy atom. The molecule has 1 aromatic heterocycles. The summed E-state index contributed by atoms with van der Waals surface area (Å²) in [6.07, 6.45) is 9.42. The van der Waals surface area contributed by atoms with Crippen LogP contribution in [0.2, 0.25) is 0 Å². The van der Waals surface area contributed by atoms with Crippen LogP contribution in [0.4, 0.5) is 4.39 Å². The van der Waals surface area contributed by atoms with Crippen molar-refractivity contribution in [3.63, 3.8) is 0 Å². The van der Waals surface area contributed by atoms with Crippen LogP contribution in [0.25, 0.3) is 0 Å². The highest BCUT2D eigenvalue weighted by atomic mass is 19.1. The molecule has 1 saturated carbocycles. The molecule has 0 bridgehead atoms. The standard InChI is InChI=1S/C26H23FN2O4/c1-2-17-5-7-18(8-6-17)25(31)26(32)28-22(16-29-13-3-4-14-29)24(30)19-9-12-23(21(27)15-19)33-20-10-11-20/h1,3-9,12-15,20,22,24,30H,10-11,16H2,(H,28,32)/t22-,24-/m1/s1. The predicted molar refractivity (Wildman–Crippen MR) is 120 cm³/mol. The highest BCUT2D eigenvalue weighted by Gasteiger charge is 2.28. The fourth-order valence-electron chi connectivity index (χ4n) is 3.42. The average Bonchev–Trinajstić information content (AvgIpc) is 3.50. The van der Waals surface area contributed by atoms with E-state index in [9.17, 15) is 19.1 Å². The zero-order valence-electron chi connectivity index (χ0n) is 17.8. The number of carbonyl (C=O) groups is 2. The average molecular weight is 446 g/mol. The summed E-state index contributed by atoms with van der Waals surface area (Å²) < 4.78 is 21.8. The number of ether oxygens (including phenoxy) is 1. The molecule has 1 heterocycles. The van der Waals surface area contributed by atoms with E-state index in [1.54, 1.807) is 47.3 Å². The van der Waals surface area contributed by atoms with Crippen LogP contribution in [0.3, 0.4) is 0 Å². The summed E-state index contributed by atoms with van der Waals surface area (Å²) in [7, 11) is 0. The van der Waals surface area contributed by atoms with Crippen molar-refractivity contribution >= 4 is 11.7 Å². The van der Waals surface area contributed by atoms with E-state index in [-0.39, 0.29) is 29.5 Å². The predicted octanol–water partition coefficient (Wildman–Crippen LogP) is 3.25. The van der Waals surface area contributed by atoms with Gasteiger partial charge in [-0.1, -0.05) is 12.0 Å². The number of aliphatic hydroxyl groups is 1. The van der Waals surface area contributed by atoms with Gasteiger partial charge in [-0.05, 0) is 66.9 Å². The Morgan fingerprint density at radius 1 is 1.18 bits per heavy atom. The Bertz CT molecular complexity index is 1180. The molecule has 1 aliphatic rings. The maximum atomic E-state index is 14.5. The number of nitrogens with zero attached hydrogens (tertiary/aromatic N) is 1. The van der Waals surface area contributed by atoms with Gasteiger partial charge in [-0.15, -0.1) is 6.42 Å². The zero-order valence-corrected chi connectivity index (χ0v) is 17.8. The van der Waals surface area contributed by atoms with Gasteiger partial charge in [-0.2, -0.15) is 0 Å². The van der Waals surface area contributed by atoms with Gasteiger partial charge < -0.3 is 19.7 Å². The van der Waals surface area contributed by atoms with Crippen molar-refractivity contribution in [2.24, 2.45) is 0 Å². The van der Waals surface area contributed by atoms with Gasteiger partial charge in [0, 0.05) is 30.1 Å². The van der Waals surface area contributed by atoms with Gasteiger partial charge in [-0.3, -0.25) is 9.59 Å². The largest absolute Gasteiger partial charge is 0.487 e. The van der Waals surface area contributed by atoms with E-state index in [1.807, 2.05) is 0 Å². The molecule has 1 amide bonds. The molecule has 33 heavy (non-hydrogen) atoms. The van der Waals surface area contributed by atoms with Gasteiger partial charge in [0.1, 0.15) is 6.10 Å². The Labute approximate surface area is 191 Å². The highest BCUT2D eigenvalue weighted by molar-refractivity contribution is 6.42. The molecule has 0 spiro atoms. The molecular weight excluding hydrogens is 423 g/mol. The van der Waals surface area contributed by atoms with E-state index in [0.717, 1.165) is 12.8 Å². The number of halogens is 1. The van der Waals surface area contributed by atoms with Gasteiger partial charge >= 0.3 is 0 Å². The molecule has 0 saturated heterocycles. The first kappa shape index (κ1) is 22.3. The lowest BCUT2D eigenvalue weighted by molar-refractivity contribution is -0.118. The van der Waals surface area contributed by atoms with Crippen molar-refractivity contribution in [2.45, 2.75) is 37.6 Å². The number of benzene rings is 2. The minimum absolute atomic E-state index is 0.0387. The molecule has 2 atom stereocenters. The maximum absolute atomic E-state index is 14.5. The van der Waals surface area contributed by atoms with E-state index in [1.165, 1.54) is 24.3 Å². The Balaban J connectivity index is 1.52. The second kappa shape index (κ2) is 9.72. The van der Waals surface area contributed by atoms with Crippen molar-refractivity contribution < 1.29 is 23.8 Å². The van der Waals surface area contributed by atoms with Crippen molar-refractivity contribution in [3.05, 3.63) is 89.5 Å². The lowest BCUT2D eigenvalue weighted by Crippen LogP contribution is -2.45. The number of nitrogens with one attached hydrogen (secondary N) is 1. The van der Waals surface area contributed by atoms with Crippen LogP contribution in [-0.4, -0.2) is 33.5 Å². The third-order valence-corrected chi connectivity index (χ3v) is 5.41. The number of hydrogen-bond donors (Lipinski definition) is 2. The molecule has 6 nitrogen and oxygen atoms in total. The van der Waals surface area contributed by atoms with Gasteiger partial charge in [0.05, 0.1) is 12.1 Å². The van der Waals surface area contributed by atoms with Crippen LogP contribution in [-0.2, 0) is 11.3 Å². The van der Waals surface area contributed by atoms with Crippen molar-refractivity contribution in [1.29, 1.82) is 0 Å². The molecule has 168 valence electrons. The van der Waals surface area contributed by atoms with E-state index in [0.29, 0.717) is 5.56 Å². The summed E-state index contributed by atoms with van der Waals surface area (Å²) in [5.74, 6) is 0.346. The lowest BCUT2D eigenvalue weighted by atomic mass is 10.0. The van der Waals surface area contributed by atoms with Crippen LogP contribution < -0.4 is 10.1 Å². The van der Waals surface area contributed by atoms with Crippen molar-refractivity contribution in [2.75, 3.05) is 0 Å². The first-order chi connectivity index (χ1) is 15.9. The van der Waals surface area contributed by atoms with E-state index < -0.39 is 29.7 Å². The SMILES string of the molecule is C#Cc1ccc(C(=O)C(=O)N[C@H](Cn2cccc2)[C@H](O)c2ccc(OC3CC3)c(F)c2)cc1. The zero-order chi connectivity index (χ0) is 23.4. The number of ketones is 1. The molecule has 0 radical (unpaired) electrons. The second-order valence-electron chi connectivity index (χ2n) is 7.96. The van der Waals surface area contributed by atoms with E-state index in [4.69, 9.17) is 11.2 Å². The number of terminal acetylenes is 1. The van der Waals surface area contributed by atoms with Crippen LogP contribution >= 0.6 is 0 Å². The topological polar surface area (TPSA) is 80.6 Å². The normalized spacial score (nSPS) is 14.7.